The van der Waals surface area contributed by atoms with E-state index in [-0.39, 0.29) is 6.10 Å². The summed E-state index contributed by atoms with van der Waals surface area (Å²) in [5.41, 5.74) is 0. The number of methoxy groups -OCH3 is 1. The summed E-state index contributed by atoms with van der Waals surface area (Å²) < 4.78 is 11.4. The average molecular weight is 265 g/mol. The Hall–Kier alpha value is -1.52. The van der Waals surface area contributed by atoms with Crippen molar-refractivity contribution < 1.29 is 9.47 Å². The standard InChI is InChI=1S/C14H23N3O2/c1-9-5-6-11(7-10(9)2)19-14-12(18-4)13(15-3)16-8-17-14/h8-11H,5-7H2,1-4H3,(H,15,16,17). The molecule has 0 spiro atoms. The second kappa shape index (κ2) is 6.08. The van der Waals surface area contributed by atoms with Gasteiger partial charge in [0.2, 0.25) is 5.75 Å². The summed E-state index contributed by atoms with van der Waals surface area (Å²) in [7, 11) is 3.41. The van der Waals surface area contributed by atoms with Crippen LogP contribution < -0.4 is 14.8 Å². The van der Waals surface area contributed by atoms with Gasteiger partial charge in [-0.15, -0.1) is 0 Å². The fraction of sp³-hybridized carbons (Fsp3) is 0.714. The van der Waals surface area contributed by atoms with E-state index in [1.54, 1.807) is 14.2 Å². The first-order chi connectivity index (χ1) is 9.15. The van der Waals surface area contributed by atoms with Gasteiger partial charge in [-0.1, -0.05) is 13.8 Å². The maximum atomic E-state index is 6.02. The zero-order valence-electron chi connectivity index (χ0n) is 12.1. The highest BCUT2D eigenvalue weighted by molar-refractivity contribution is 5.54. The SMILES string of the molecule is CNc1ncnc(OC2CCC(C)C(C)C2)c1OC. The van der Waals surface area contributed by atoms with Crippen LogP contribution in [-0.4, -0.2) is 30.2 Å². The monoisotopic (exact) mass is 265 g/mol. The number of rotatable bonds is 4. The lowest BCUT2D eigenvalue weighted by Gasteiger charge is -2.32. The molecule has 0 aromatic carbocycles. The molecule has 1 aromatic rings. The average Bonchev–Trinajstić information content (AvgIpc) is 2.42. The second-order valence-electron chi connectivity index (χ2n) is 5.32. The van der Waals surface area contributed by atoms with Crippen LogP contribution in [0.1, 0.15) is 33.1 Å². The third-order valence-corrected chi connectivity index (χ3v) is 4.04. The summed E-state index contributed by atoms with van der Waals surface area (Å²) in [6.07, 6.45) is 5.08. The minimum atomic E-state index is 0.222. The van der Waals surface area contributed by atoms with Crippen molar-refractivity contribution in [2.45, 2.75) is 39.2 Å². The first-order valence-electron chi connectivity index (χ1n) is 6.89. The summed E-state index contributed by atoms with van der Waals surface area (Å²) in [6.45, 7) is 4.60. The van der Waals surface area contributed by atoms with E-state index in [4.69, 9.17) is 9.47 Å². The Balaban J connectivity index is 2.11. The van der Waals surface area contributed by atoms with Crippen molar-refractivity contribution in [2.75, 3.05) is 19.5 Å². The maximum Gasteiger partial charge on any atom is 0.262 e. The molecule has 1 aromatic heterocycles. The van der Waals surface area contributed by atoms with Crippen LogP contribution in [-0.2, 0) is 0 Å². The molecular weight excluding hydrogens is 242 g/mol. The van der Waals surface area contributed by atoms with E-state index in [1.165, 1.54) is 12.7 Å². The van der Waals surface area contributed by atoms with E-state index in [1.807, 2.05) is 0 Å². The molecule has 5 nitrogen and oxygen atoms in total. The molecule has 106 valence electrons. The molecule has 0 saturated heterocycles. The van der Waals surface area contributed by atoms with Crippen molar-refractivity contribution in [2.24, 2.45) is 11.8 Å². The van der Waals surface area contributed by atoms with Crippen molar-refractivity contribution in [3.05, 3.63) is 6.33 Å². The number of aromatic nitrogens is 2. The highest BCUT2D eigenvalue weighted by atomic mass is 16.5. The van der Waals surface area contributed by atoms with E-state index in [0.29, 0.717) is 23.4 Å². The first-order valence-corrected chi connectivity index (χ1v) is 6.89. The van der Waals surface area contributed by atoms with Crippen LogP contribution in [0.2, 0.25) is 0 Å². The molecule has 3 unspecified atom stereocenters. The van der Waals surface area contributed by atoms with Gasteiger partial charge in [-0.25, -0.2) is 4.98 Å². The molecule has 0 radical (unpaired) electrons. The molecule has 1 fully saturated rings. The lowest BCUT2D eigenvalue weighted by atomic mass is 9.80. The summed E-state index contributed by atoms with van der Waals surface area (Å²) in [6, 6.07) is 0. The molecule has 0 aliphatic heterocycles. The Kier molecular flexibility index (Phi) is 4.45. The lowest BCUT2D eigenvalue weighted by Crippen LogP contribution is -2.29. The third-order valence-electron chi connectivity index (χ3n) is 4.04. The Labute approximate surface area is 114 Å². The quantitative estimate of drug-likeness (QED) is 0.907. The molecule has 5 heteroatoms. The highest BCUT2D eigenvalue weighted by Gasteiger charge is 2.27. The van der Waals surface area contributed by atoms with Gasteiger partial charge in [-0.05, 0) is 31.1 Å². The molecular formula is C14H23N3O2. The van der Waals surface area contributed by atoms with Crippen LogP contribution in [0.15, 0.2) is 6.33 Å². The highest BCUT2D eigenvalue weighted by Crippen LogP contribution is 2.35. The smallest absolute Gasteiger partial charge is 0.262 e. The molecule has 0 amide bonds. The molecule has 1 N–H and O–H groups in total. The number of nitrogens with one attached hydrogen (secondary N) is 1. The van der Waals surface area contributed by atoms with Gasteiger partial charge in [0.15, 0.2) is 5.82 Å². The Morgan fingerprint density at radius 3 is 2.63 bits per heavy atom. The van der Waals surface area contributed by atoms with Crippen molar-refractivity contribution in [3.63, 3.8) is 0 Å². The summed E-state index contributed by atoms with van der Waals surface area (Å²) in [5.74, 6) is 3.24. The molecule has 1 saturated carbocycles. The molecule has 19 heavy (non-hydrogen) atoms. The summed E-state index contributed by atoms with van der Waals surface area (Å²) in [4.78, 5) is 8.32. The minimum Gasteiger partial charge on any atom is -0.489 e. The minimum absolute atomic E-state index is 0.222. The van der Waals surface area contributed by atoms with Crippen molar-refractivity contribution in [1.82, 2.24) is 9.97 Å². The lowest BCUT2D eigenvalue weighted by molar-refractivity contribution is 0.0932. The van der Waals surface area contributed by atoms with Crippen molar-refractivity contribution in [3.8, 4) is 11.6 Å². The van der Waals surface area contributed by atoms with Gasteiger partial charge in [0.1, 0.15) is 12.4 Å². The molecule has 2 rings (SSSR count). The van der Waals surface area contributed by atoms with Crippen LogP contribution >= 0.6 is 0 Å². The maximum absolute atomic E-state index is 6.02. The Morgan fingerprint density at radius 2 is 2.00 bits per heavy atom. The van der Waals surface area contributed by atoms with Gasteiger partial charge in [-0.2, -0.15) is 4.98 Å². The number of anilines is 1. The summed E-state index contributed by atoms with van der Waals surface area (Å²) >= 11 is 0. The zero-order valence-corrected chi connectivity index (χ0v) is 12.1. The van der Waals surface area contributed by atoms with Crippen LogP contribution in [0, 0.1) is 11.8 Å². The van der Waals surface area contributed by atoms with Crippen molar-refractivity contribution >= 4 is 5.82 Å². The predicted molar refractivity (Wildman–Crippen MR) is 74.7 cm³/mol. The first kappa shape index (κ1) is 13.9. The van der Waals surface area contributed by atoms with E-state index >= 15 is 0 Å². The van der Waals surface area contributed by atoms with Crippen molar-refractivity contribution in [1.29, 1.82) is 0 Å². The van der Waals surface area contributed by atoms with Gasteiger partial charge in [-0.3, -0.25) is 0 Å². The Morgan fingerprint density at radius 1 is 1.21 bits per heavy atom. The topological polar surface area (TPSA) is 56.3 Å². The molecule has 3 atom stereocenters. The molecule has 0 bridgehead atoms. The van der Waals surface area contributed by atoms with Crippen LogP contribution in [0.5, 0.6) is 11.6 Å². The number of hydrogen-bond donors (Lipinski definition) is 1. The molecule has 1 heterocycles. The van der Waals surface area contributed by atoms with E-state index in [2.05, 4.69) is 29.1 Å². The van der Waals surface area contributed by atoms with Crippen LogP contribution in [0.25, 0.3) is 0 Å². The van der Waals surface area contributed by atoms with Gasteiger partial charge in [0.25, 0.3) is 5.88 Å². The number of ether oxygens (including phenoxy) is 2. The van der Waals surface area contributed by atoms with Crippen LogP contribution in [0.3, 0.4) is 0 Å². The Bertz CT molecular complexity index is 425. The van der Waals surface area contributed by atoms with Gasteiger partial charge < -0.3 is 14.8 Å². The number of hydrogen-bond acceptors (Lipinski definition) is 5. The normalized spacial score (nSPS) is 26.8. The third kappa shape index (κ3) is 3.08. The van der Waals surface area contributed by atoms with Gasteiger partial charge in [0, 0.05) is 7.05 Å². The van der Waals surface area contributed by atoms with E-state index in [0.717, 1.165) is 18.8 Å². The second-order valence-corrected chi connectivity index (χ2v) is 5.32. The van der Waals surface area contributed by atoms with Crippen LogP contribution in [0.4, 0.5) is 5.82 Å². The molecule has 1 aliphatic carbocycles. The summed E-state index contributed by atoms with van der Waals surface area (Å²) in [5, 5.41) is 2.98. The largest absolute Gasteiger partial charge is 0.489 e. The molecule has 1 aliphatic rings. The fourth-order valence-electron chi connectivity index (χ4n) is 2.57. The van der Waals surface area contributed by atoms with Gasteiger partial charge in [0.05, 0.1) is 7.11 Å². The predicted octanol–water partition coefficient (Wildman–Crippen LogP) is 2.73. The van der Waals surface area contributed by atoms with E-state index in [9.17, 15) is 0 Å². The fourth-order valence-corrected chi connectivity index (χ4v) is 2.57. The number of nitrogens with zero attached hydrogens (tertiary/aromatic N) is 2. The van der Waals surface area contributed by atoms with E-state index < -0.39 is 0 Å². The van der Waals surface area contributed by atoms with Gasteiger partial charge >= 0.3 is 0 Å². The zero-order chi connectivity index (χ0) is 13.8.